The fourth-order valence-electron chi connectivity index (χ4n) is 4.72. The predicted molar refractivity (Wildman–Crippen MR) is 151 cm³/mol. The van der Waals surface area contributed by atoms with Gasteiger partial charge in [0, 0.05) is 44.0 Å². The molecule has 10 nitrogen and oxygen atoms in total. The molecule has 1 atom stereocenters. The van der Waals surface area contributed by atoms with E-state index in [9.17, 15) is 19.5 Å². The van der Waals surface area contributed by atoms with Gasteiger partial charge in [-0.15, -0.1) is 0 Å². The van der Waals surface area contributed by atoms with Crippen molar-refractivity contribution >= 4 is 35.2 Å². The van der Waals surface area contributed by atoms with Gasteiger partial charge < -0.3 is 36.2 Å². The van der Waals surface area contributed by atoms with E-state index in [4.69, 9.17) is 5.73 Å². The van der Waals surface area contributed by atoms with Gasteiger partial charge in [0.1, 0.15) is 16.0 Å². The summed E-state index contributed by atoms with van der Waals surface area (Å²) in [6.45, 7) is 8.98. The first-order chi connectivity index (χ1) is 18.4. The summed E-state index contributed by atoms with van der Waals surface area (Å²) in [5.74, 6) is -0.608. The zero-order valence-electron chi connectivity index (χ0n) is 22.6. The Balaban J connectivity index is 1.57. The lowest BCUT2D eigenvalue weighted by Crippen LogP contribution is -2.39. The maximum Gasteiger partial charge on any atom is 0.272 e. The molecule has 3 rings (SSSR count). The molecule has 38 heavy (non-hydrogen) atoms. The molecule has 0 aromatic heterocycles. The van der Waals surface area contributed by atoms with Crippen LogP contribution in [0.2, 0.25) is 0 Å². The fraction of sp³-hybridized carbons (Fsp3) is 0.593. The average Bonchev–Trinajstić information content (AvgIpc) is 3.56. The molecule has 0 radical (unpaired) electrons. The first kappa shape index (κ1) is 29.8. The van der Waals surface area contributed by atoms with Gasteiger partial charge in [0.15, 0.2) is 0 Å². The van der Waals surface area contributed by atoms with E-state index in [-0.39, 0.29) is 36.6 Å². The number of benzene rings is 1. The van der Waals surface area contributed by atoms with Crippen molar-refractivity contribution in [1.29, 1.82) is 0 Å². The van der Waals surface area contributed by atoms with Crippen molar-refractivity contribution in [3.05, 3.63) is 40.6 Å². The van der Waals surface area contributed by atoms with Crippen molar-refractivity contribution in [3.8, 4) is 0 Å². The maximum absolute atomic E-state index is 13.1. The number of likely N-dealkylation sites (tertiary alicyclic amines) is 1. The quantitative estimate of drug-likeness (QED) is 0.205. The molecule has 0 aliphatic carbocycles. The van der Waals surface area contributed by atoms with Crippen LogP contribution >= 0.6 is 11.8 Å². The van der Waals surface area contributed by atoms with Crippen LogP contribution in [0.5, 0.6) is 0 Å². The summed E-state index contributed by atoms with van der Waals surface area (Å²) in [5.41, 5.74) is 7.57. The molecule has 0 spiro atoms. The van der Waals surface area contributed by atoms with Gasteiger partial charge in [-0.05, 0) is 70.4 Å². The summed E-state index contributed by atoms with van der Waals surface area (Å²) in [5, 5.41) is 15.6. The predicted octanol–water partition coefficient (Wildman–Crippen LogP) is 1.64. The third kappa shape index (κ3) is 7.87. The van der Waals surface area contributed by atoms with Crippen molar-refractivity contribution in [3.63, 3.8) is 0 Å². The van der Waals surface area contributed by atoms with Gasteiger partial charge in [0.25, 0.3) is 11.8 Å². The molecule has 11 heteroatoms. The van der Waals surface area contributed by atoms with Crippen molar-refractivity contribution < 1.29 is 19.5 Å². The van der Waals surface area contributed by atoms with Gasteiger partial charge >= 0.3 is 0 Å². The second kappa shape index (κ2) is 15.0. The van der Waals surface area contributed by atoms with E-state index in [0.29, 0.717) is 36.8 Å². The summed E-state index contributed by atoms with van der Waals surface area (Å²) in [7, 11) is 0. The molecule has 2 aliphatic heterocycles. The number of thioether (sulfide) groups is 1. The van der Waals surface area contributed by atoms with E-state index < -0.39 is 5.25 Å². The molecule has 1 aromatic rings. The first-order valence-electron chi connectivity index (χ1n) is 13.6. The number of amides is 3. The molecule has 210 valence electrons. The number of anilines is 1. The molecule has 2 aliphatic rings. The maximum atomic E-state index is 13.1. The van der Waals surface area contributed by atoms with Crippen LogP contribution in [0.1, 0.15) is 49.9 Å². The van der Waals surface area contributed by atoms with Crippen LogP contribution in [0.25, 0.3) is 0 Å². The zero-order valence-corrected chi connectivity index (χ0v) is 23.4. The molecular weight excluding hydrogens is 504 g/mol. The number of nitrogens with one attached hydrogen (secondary N) is 2. The summed E-state index contributed by atoms with van der Waals surface area (Å²) in [4.78, 5) is 44.1. The molecule has 0 bridgehead atoms. The molecule has 0 unspecified atom stereocenters. The largest absolute Gasteiger partial charge is 0.395 e. The highest BCUT2D eigenvalue weighted by molar-refractivity contribution is 8.04. The van der Waals surface area contributed by atoms with Gasteiger partial charge in [-0.3, -0.25) is 14.4 Å². The van der Waals surface area contributed by atoms with Gasteiger partial charge in [-0.1, -0.05) is 24.8 Å². The average molecular weight is 547 g/mol. The van der Waals surface area contributed by atoms with Crippen molar-refractivity contribution in [1.82, 2.24) is 20.0 Å². The normalized spacial score (nSPS) is 19.1. The van der Waals surface area contributed by atoms with Gasteiger partial charge in [0.2, 0.25) is 5.91 Å². The molecule has 0 saturated carbocycles. The summed E-state index contributed by atoms with van der Waals surface area (Å²) in [6.07, 6.45) is 4.19. The second-order valence-corrected chi connectivity index (χ2v) is 10.7. The minimum atomic E-state index is -0.461. The summed E-state index contributed by atoms with van der Waals surface area (Å²) < 4.78 is 0. The molecule has 2 fully saturated rings. The number of hydrogen-bond donors (Lipinski definition) is 4. The van der Waals surface area contributed by atoms with Crippen LogP contribution in [-0.4, -0.2) is 102 Å². The van der Waals surface area contributed by atoms with Gasteiger partial charge in [-0.2, -0.15) is 0 Å². The lowest BCUT2D eigenvalue weighted by atomic mass is 10.2. The highest BCUT2D eigenvalue weighted by Gasteiger charge is 2.38. The second-order valence-electron chi connectivity index (χ2n) is 9.54. The Morgan fingerprint density at radius 2 is 1.97 bits per heavy atom. The number of rotatable bonds is 14. The number of carbonyl (C=O) groups is 3. The Morgan fingerprint density at radius 3 is 2.66 bits per heavy atom. The number of carbonyl (C=O) groups excluding carboxylic acids is 3. The van der Waals surface area contributed by atoms with E-state index in [2.05, 4.69) is 15.5 Å². The van der Waals surface area contributed by atoms with Crippen LogP contribution in [0.4, 0.5) is 5.69 Å². The number of nitrogens with two attached hydrogens (primary N) is 1. The van der Waals surface area contributed by atoms with Crippen molar-refractivity contribution in [2.45, 2.75) is 44.8 Å². The minimum absolute atomic E-state index is 0.0259. The molecule has 2 saturated heterocycles. The lowest BCUT2D eigenvalue weighted by Gasteiger charge is -2.23. The van der Waals surface area contributed by atoms with E-state index >= 15 is 0 Å². The van der Waals surface area contributed by atoms with Crippen LogP contribution in [0.3, 0.4) is 0 Å². The molecule has 1 aromatic carbocycles. The topological polar surface area (TPSA) is 131 Å². The minimum Gasteiger partial charge on any atom is -0.395 e. The van der Waals surface area contributed by atoms with Crippen LogP contribution in [0, 0.1) is 0 Å². The molecule has 2 heterocycles. The third-order valence-electron chi connectivity index (χ3n) is 6.72. The van der Waals surface area contributed by atoms with Crippen LogP contribution in [0.15, 0.2) is 35.0 Å². The highest BCUT2D eigenvalue weighted by atomic mass is 32.2. The summed E-state index contributed by atoms with van der Waals surface area (Å²) in [6, 6.07) is 7.23. The van der Waals surface area contributed by atoms with E-state index in [1.54, 1.807) is 17.0 Å². The molecule has 5 N–H and O–H groups in total. The lowest BCUT2D eigenvalue weighted by molar-refractivity contribution is -0.128. The van der Waals surface area contributed by atoms with Crippen molar-refractivity contribution in [2.24, 2.45) is 5.73 Å². The van der Waals surface area contributed by atoms with E-state index in [1.807, 2.05) is 26.0 Å². The fourth-order valence-corrected chi connectivity index (χ4v) is 5.95. The van der Waals surface area contributed by atoms with Gasteiger partial charge in [0.05, 0.1) is 6.61 Å². The highest BCUT2D eigenvalue weighted by Crippen LogP contribution is 2.36. The first-order valence-corrected chi connectivity index (χ1v) is 14.5. The molecular formula is C27H42N6O4S. The Morgan fingerprint density at radius 1 is 1.21 bits per heavy atom. The Hall–Kier alpha value is -2.76. The summed E-state index contributed by atoms with van der Waals surface area (Å²) >= 11 is 1.27. The van der Waals surface area contributed by atoms with E-state index in [1.165, 1.54) is 29.5 Å². The number of aliphatic hydroxyl groups excluding tert-OH is 1. The van der Waals surface area contributed by atoms with E-state index in [0.717, 1.165) is 38.2 Å². The van der Waals surface area contributed by atoms with Crippen LogP contribution in [-0.2, 0) is 9.59 Å². The SMILES string of the molecule is CCCN(CCO)C(=O)/C(N)=C1\S[C@H](CNc2cccc(C(=O)NCCCN3CCCC3)c2)C(=O)N1CC. The Bertz CT molecular complexity index is 992. The number of hydrogen-bond acceptors (Lipinski definition) is 8. The third-order valence-corrected chi connectivity index (χ3v) is 8.04. The zero-order chi connectivity index (χ0) is 27.5. The van der Waals surface area contributed by atoms with Crippen LogP contribution < -0.4 is 16.4 Å². The molecule has 3 amide bonds. The smallest absolute Gasteiger partial charge is 0.272 e. The number of nitrogens with zero attached hydrogens (tertiary/aromatic N) is 3. The van der Waals surface area contributed by atoms with Crippen molar-refractivity contribution in [2.75, 3.05) is 64.3 Å². The Labute approximate surface area is 230 Å². The standard InChI is InChI=1S/C27H42N6O4S/c1-3-12-32(16-17-34)26(37)23(28)27-33(4-2)25(36)22(38-27)19-30-21-10-7-9-20(18-21)24(35)29-11-8-15-31-13-5-6-14-31/h7,9-10,18,22,30,34H,3-6,8,11-17,19,28H2,1-2H3,(H,29,35)/b27-23+/t22-/m1/s1. The number of aliphatic hydroxyl groups is 1. The van der Waals surface area contributed by atoms with Gasteiger partial charge in [-0.25, -0.2) is 0 Å². The monoisotopic (exact) mass is 546 g/mol. The Kier molecular flexibility index (Phi) is 11.8.